The largest absolute Gasteiger partial charge is 0.371 e. The van der Waals surface area contributed by atoms with Gasteiger partial charge in [-0.15, -0.1) is 0 Å². The second-order valence-corrected chi connectivity index (χ2v) is 10.2. The summed E-state index contributed by atoms with van der Waals surface area (Å²) < 4.78 is 1.88. The molecule has 1 N–H and O–H groups in total. The molecule has 0 bridgehead atoms. The average molecular weight is 492 g/mol. The predicted molar refractivity (Wildman–Crippen MR) is 150 cm³/mol. The van der Waals surface area contributed by atoms with E-state index in [2.05, 4.69) is 29.3 Å². The summed E-state index contributed by atoms with van der Waals surface area (Å²) in [7, 11) is 1.91. The van der Waals surface area contributed by atoms with Gasteiger partial charge in [0.2, 0.25) is 0 Å². The minimum atomic E-state index is 0.114. The van der Waals surface area contributed by atoms with Crippen LogP contribution in [-0.4, -0.2) is 29.2 Å². The van der Waals surface area contributed by atoms with Gasteiger partial charge in [0.1, 0.15) is 0 Å². The van der Waals surface area contributed by atoms with E-state index in [1.165, 1.54) is 12.1 Å². The van der Waals surface area contributed by atoms with Crippen LogP contribution < -0.4 is 10.2 Å². The zero-order chi connectivity index (χ0) is 25.8. The number of nitrogens with one attached hydrogen (secondary N) is 1. The first kappa shape index (κ1) is 24.6. The van der Waals surface area contributed by atoms with Gasteiger partial charge in [-0.05, 0) is 78.1 Å². The van der Waals surface area contributed by atoms with E-state index in [1.807, 2.05) is 90.7 Å². The Bertz CT molecular complexity index is 1370. The maximum Gasteiger partial charge on any atom is 0.168 e. The summed E-state index contributed by atoms with van der Waals surface area (Å²) in [6, 6.07) is 25.8. The van der Waals surface area contributed by atoms with E-state index in [4.69, 9.17) is 0 Å². The maximum atomic E-state index is 12.8. The van der Waals surface area contributed by atoms with Gasteiger partial charge in [0.05, 0.1) is 0 Å². The van der Waals surface area contributed by atoms with Gasteiger partial charge in [-0.25, -0.2) is 0 Å². The van der Waals surface area contributed by atoms with Gasteiger partial charge in [0.15, 0.2) is 11.6 Å². The van der Waals surface area contributed by atoms with Crippen LogP contribution in [0.2, 0.25) is 0 Å². The van der Waals surface area contributed by atoms with Crippen LogP contribution in [0.4, 0.5) is 17.1 Å². The van der Waals surface area contributed by atoms with Crippen LogP contribution in [0.3, 0.4) is 0 Å². The molecule has 188 valence electrons. The second kappa shape index (κ2) is 10.9. The number of Topliss-reactive ketones (excluding diaryl/α,β-unsaturated/α-hetero) is 2. The normalized spacial score (nSPS) is 15.1. The fraction of sp³-hybridized carbons (Fsp3) is 0.250. The first-order valence-corrected chi connectivity index (χ1v) is 12.9. The summed E-state index contributed by atoms with van der Waals surface area (Å²) in [5.41, 5.74) is 6.56. The van der Waals surface area contributed by atoms with Crippen molar-refractivity contribution in [3.05, 3.63) is 114 Å². The average Bonchev–Trinajstić information content (AvgIpc) is 3.55. The summed E-state index contributed by atoms with van der Waals surface area (Å²) in [6.07, 6.45) is 5.72. The number of ketones is 2. The van der Waals surface area contributed by atoms with Gasteiger partial charge in [-0.1, -0.05) is 31.2 Å². The highest BCUT2D eigenvalue weighted by Crippen LogP contribution is 2.24. The van der Waals surface area contributed by atoms with Crippen molar-refractivity contribution < 1.29 is 9.59 Å². The van der Waals surface area contributed by atoms with Crippen LogP contribution >= 0.6 is 0 Å². The highest BCUT2D eigenvalue weighted by molar-refractivity contribution is 5.98. The Labute approximate surface area is 218 Å². The molecule has 37 heavy (non-hydrogen) atoms. The minimum Gasteiger partial charge on any atom is -0.371 e. The van der Waals surface area contributed by atoms with E-state index in [-0.39, 0.29) is 11.6 Å². The summed E-state index contributed by atoms with van der Waals surface area (Å²) in [5, 5.41) is 3.39. The zero-order valence-electron chi connectivity index (χ0n) is 21.5. The molecule has 0 aliphatic carbocycles. The molecule has 5 nitrogen and oxygen atoms in total. The van der Waals surface area contributed by atoms with E-state index in [1.54, 1.807) is 0 Å². The molecule has 4 aromatic rings. The van der Waals surface area contributed by atoms with Crippen molar-refractivity contribution in [3.63, 3.8) is 0 Å². The lowest BCUT2D eigenvalue weighted by atomic mass is 10.0. The molecule has 0 saturated carbocycles. The lowest BCUT2D eigenvalue weighted by molar-refractivity contribution is 0.0985. The predicted octanol–water partition coefficient (Wildman–Crippen LogP) is 6.47. The molecule has 1 atom stereocenters. The molecule has 5 heteroatoms. The number of carbonyl (C=O) groups excluding carboxylic acids is 2. The van der Waals surface area contributed by atoms with Gasteiger partial charge in [0.25, 0.3) is 0 Å². The highest BCUT2D eigenvalue weighted by atomic mass is 16.1. The molecular weight excluding hydrogens is 458 g/mol. The SMILES string of the molecule is C[C@@H]1CCN(c2ccc(C(=O)Cc3ccc(Nc4ccc(CC(=O)c5ccn(C)c5)cc4)cc3)cc2)C1. The number of nitrogens with zero attached hydrogens (tertiary/aromatic N) is 2. The van der Waals surface area contributed by atoms with Crippen molar-refractivity contribution in [1.82, 2.24) is 4.57 Å². The third kappa shape index (κ3) is 6.18. The molecule has 1 aliphatic rings. The van der Waals surface area contributed by atoms with Crippen molar-refractivity contribution in [3.8, 4) is 0 Å². The van der Waals surface area contributed by atoms with E-state index >= 15 is 0 Å². The summed E-state index contributed by atoms with van der Waals surface area (Å²) in [5.74, 6) is 0.972. The summed E-state index contributed by atoms with van der Waals surface area (Å²) >= 11 is 0. The molecule has 2 heterocycles. The lowest BCUT2D eigenvalue weighted by Gasteiger charge is -2.18. The first-order valence-electron chi connectivity index (χ1n) is 12.9. The van der Waals surface area contributed by atoms with Crippen molar-refractivity contribution in [1.29, 1.82) is 0 Å². The molecule has 1 saturated heterocycles. The lowest BCUT2D eigenvalue weighted by Crippen LogP contribution is -2.19. The van der Waals surface area contributed by atoms with Crippen LogP contribution in [0.1, 0.15) is 45.2 Å². The number of benzene rings is 3. The van der Waals surface area contributed by atoms with Gasteiger partial charge in [-0.3, -0.25) is 9.59 Å². The molecule has 0 amide bonds. The molecule has 0 unspecified atom stereocenters. The van der Waals surface area contributed by atoms with Crippen LogP contribution in [0, 0.1) is 5.92 Å². The van der Waals surface area contributed by atoms with E-state index < -0.39 is 0 Å². The van der Waals surface area contributed by atoms with Gasteiger partial charge in [-0.2, -0.15) is 0 Å². The van der Waals surface area contributed by atoms with E-state index in [0.717, 1.165) is 52.6 Å². The van der Waals surface area contributed by atoms with Crippen LogP contribution in [0.25, 0.3) is 0 Å². The Kier molecular flexibility index (Phi) is 7.22. The molecule has 0 spiro atoms. The molecule has 1 fully saturated rings. The molecule has 1 aromatic heterocycles. The molecule has 1 aliphatic heterocycles. The topological polar surface area (TPSA) is 54.3 Å². The quantitative estimate of drug-likeness (QED) is 0.273. The minimum absolute atomic E-state index is 0.114. The number of carbonyl (C=O) groups is 2. The van der Waals surface area contributed by atoms with Crippen LogP contribution in [-0.2, 0) is 19.9 Å². The highest BCUT2D eigenvalue weighted by Gasteiger charge is 2.19. The van der Waals surface area contributed by atoms with E-state index in [0.29, 0.717) is 12.8 Å². The number of hydrogen-bond acceptors (Lipinski definition) is 4. The third-order valence-corrected chi connectivity index (χ3v) is 7.06. The second-order valence-electron chi connectivity index (χ2n) is 10.2. The van der Waals surface area contributed by atoms with Gasteiger partial charge < -0.3 is 14.8 Å². The summed E-state index contributed by atoms with van der Waals surface area (Å²) in [4.78, 5) is 27.6. The molecule has 3 aromatic carbocycles. The Morgan fingerprint density at radius 2 is 1.35 bits per heavy atom. The number of aryl methyl sites for hydroxylation is 1. The number of hydrogen-bond donors (Lipinski definition) is 1. The fourth-order valence-corrected chi connectivity index (χ4v) is 4.85. The van der Waals surface area contributed by atoms with Crippen molar-refractivity contribution in [2.45, 2.75) is 26.2 Å². The zero-order valence-corrected chi connectivity index (χ0v) is 21.5. The Morgan fingerprint density at radius 1 is 0.784 bits per heavy atom. The number of anilines is 3. The van der Waals surface area contributed by atoms with Crippen molar-refractivity contribution in [2.24, 2.45) is 13.0 Å². The van der Waals surface area contributed by atoms with Crippen LogP contribution in [0.15, 0.2) is 91.3 Å². The molecule has 5 rings (SSSR count). The first-order chi connectivity index (χ1) is 17.9. The third-order valence-electron chi connectivity index (χ3n) is 7.06. The maximum absolute atomic E-state index is 12.8. The smallest absolute Gasteiger partial charge is 0.168 e. The van der Waals surface area contributed by atoms with Crippen molar-refractivity contribution in [2.75, 3.05) is 23.3 Å². The van der Waals surface area contributed by atoms with Gasteiger partial charge >= 0.3 is 0 Å². The Hall–Kier alpha value is -4.12. The fourth-order valence-electron chi connectivity index (χ4n) is 4.85. The molecule has 0 radical (unpaired) electrons. The number of aromatic nitrogens is 1. The Balaban J connectivity index is 1.14. The monoisotopic (exact) mass is 491 g/mol. The summed E-state index contributed by atoms with van der Waals surface area (Å²) in [6.45, 7) is 4.46. The molecular formula is C32H33N3O2. The van der Waals surface area contributed by atoms with E-state index in [9.17, 15) is 9.59 Å². The van der Waals surface area contributed by atoms with Crippen molar-refractivity contribution >= 4 is 28.6 Å². The van der Waals surface area contributed by atoms with Gasteiger partial charge in [0, 0.05) is 73.6 Å². The van der Waals surface area contributed by atoms with Crippen LogP contribution in [0.5, 0.6) is 0 Å². The standard InChI is InChI=1S/C32H33N3O2/c1-23-15-18-35(21-23)30-13-7-26(8-14-30)31(36)19-24-3-9-28(10-4-24)33-29-11-5-25(6-12-29)20-32(37)27-16-17-34(2)22-27/h3-14,16-17,22-23,33H,15,18-21H2,1-2H3/t23-/m1/s1. The Morgan fingerprint density at radius 3 is 1.84 bits per heavy atom. The number of rotatable bonds is 9.